The number of unbranched alkanes of at least 4 members (excludes halogenated alkanes) is 2. The molecule has 1 nitrogen and oxygen atoms in total. The first kappa shape index (κ1) is 27.6. The summed E-state index contributed by atoms with van der Waals surface area (Å²) >= 11 is 0. The third-order valence-corrected chi connectivity index (χ3v) is 2.68. The summed E-state index contributed by atoms with van der Waals surface area (Å²) in [4.78, 5) is 2.51. The fourth-order valence-corrected chi connectivity index (χ4v) is 1.71. The number of para-hydroxylation sites is 1. The van der Waals surface area contributed by atoms with Crippen LogP contribution in [0.5, 0.6) is 0 Å². The largest absolute Gasteiger partial charge is 0.372 e. The maximum absolute atomic E-state index is 3.36. The second kappa shape index (κ2) is 26.6. The number of rotatable bonds is 7. The molecule has 0 N–H and O–H groups in total. The van der Waals surface area contributed by atoms with E-state index in [4.69, 9.17) is 0 Å². The summed E-state index contributed by atoms with van der Waals surface area (Å²) in [5, 5.41) is 0. The quantitative estimate of drug-likeness (QED) is 0.455. The van der Waals surface area contributed by atoms with E-state index >= 15 is 0 Å². The first-order valence-corrected chi connectivity index (χ1v) is 9.99. The molecule has 0 fully saturated rings. The van der Waals surface area contributed by atoms with Crippen LogP contribution < -0.4 is 4.90 Å². The highest BCUT2D eigenvalue weighted by Gasteiger charge is 2.03. The molecule has 0 aromatic heterocycles. The van der Waals surface area contributed by atoms with Crippen LogP contribution in [0.3, 0.4) is 0 Å². The van der Waals surface area contributed by atoms with E-state index in [1.165, 1.54) is 57.3 Å². The topological polar surface area (TPSA) is 3.24 Å². The lowest BCUT2D eigenvalue weighted by Crippen LogP contribution is -2.25. The zero-order valence-corrected chi connectivity index (χ0v) is 17.8. The third kappa shape index (κ3) is 23.0. The highest BCUT2D eigenvalue weighted by molar-refractivity contribution is 5.45. The van der Waals surface area contributed by atoms with Gasteiger partial charge in [-0.1, -0.05) is 91.5 Å². The molecular formula is C23H45N. The first-order valence-electron chi connectivity index (χ1n) is 9.99. The van der Waals surface area contributed by atoms with Gasteiger partial charge in [0.05, 0.1) is 0 Å². The molecule has 0 heterocycles. The summed E-state index contributed by atoms with van der Waals surface area (Å²) in [5.74, 6) is 0. The van der Waals surface area contributed by atoms with Crippen molar-refractivity contribution in [3.63, 3.8) is 0 Å². The van der Waals surface area contributed by atoms with Gasteiger partial charge in [-0.05, 0) is 31.9 Å². The molecule has 0 amide bonds. The minimum Gasteiger partial charge on any atom is -0.372 e. The van der Waals surface area contributed by atoms with Gasteiger partial charge in [-0.2, -0.15) is 0 Å². The molecular weight excluding hydrogens is 290 g/mol. The number of hydrogen-bond donors (Lipinski definition) is 0. The van der Waals surface area contributed by atoms with Crippen LogP contribution in [-0.4, -0.2) is 13.1 Å². The number of benzene rings is 1. The molecule has 1 heteroatoms. The van der Waals surface area contributed by atoms with Crippen LogP contribution in [0.4, 0.5) is 5.69 Å². The SMILES string of the molecule is C=CC.CCC.CCC.CCCCN(CCCC)c1ccccc1. The molecule has 1 rings (SSSR count). The van der Waals surface area contributed by atoms with Gasteiger partial charge < -0.3 is 4.90 Å². The smallest absolute Gasteiger partial charge is 0.0366 e. The summed E-state index contributed by atoms with van der Waals surface area (Å²) < 4.78 is 0. The molecule has 0 atom stereocenters. The summed E-state index contributed by atoms with van der Waals surface area (Å²) in [6, 6.07) is 10.8. The van der Waals surface area contributed by atoms with Crippen molar-refractivity contribution < 1.29 is 0 Å². The van der Waals surface area contributed by atoms with Gasteiger partial charge in [-0.15, -0.1) is 6.58 Å². The molecule has 0 radical (unpaired) electrons. The Hall–Kier alpha value is -1.24. The van der Waals surface area contributed by atoms with E-state index in [-0.39, 0.29) is 0 Å². The Morgan fingerprint density at radius 3 is 1.42 bits per heavy atom. The molecule has 142 valence electrons. The minimum absolute atomic E-state index is 1.19. The zero-order valence-electron chi connectivity index (χ0n) is 17.8. The predicted molar refractivity (Wildman–Crippen MR) is 116 cm³/mol. The lowest BCUT2D eigenvalue weighted by atomic mass is 10.2. The number of hydrogen-bond acceptors (Lipinski definition) is 1. The van der Waals surface area contributed by atoms with E-state index in [0.717, 1.165) is 0 Å². The zero-order chi connectivity index (χ0) is 19.1. The number of anilines is 1. The maximum Gasteiger partial charge on any atom is 0.0366 e. The lowest BCUT2D eigenvalue weighted by Gasteiger charge is -2.24. The second-order valence-electron chi connectivity index (χ2n) is 5.85. The average molecular weight is 336 g/mol. The summed E-state index contributed by atoms with van der Waals surface area (Å²) in [6.45, 7) is 20.6. The van der Waals surface area contributed by atoms with E-state index in [0.29, 0.717) is 0 Å². The monoisotopic (exact) mass is 335 g/mol. The van der Waals surface area contributed by atoms with Crippen molar-refractivity contribution in [3.05, 3.63) is 43.0 Å². The van der Waals surface area contributed by atoms with Gasteiger partial charge in [0.2, 0.25) is 0 Å². The molecule has 1 aromatic carbocycles. The van der Waals surface area contributed by atoms with Crippen molar-refractivity contribution in [2.24, 2.45) is 0 Å². The number of allylic oxidation sites excluding steroid dienone is 1. The van der Waals surface area contributed by atoms with Crippen LogP contribution in [0.15, 0.2) is 43.0 Å². The predicted octanol–water partition coefficient (Wildman–Crippen LogP) is 8.12. The Bertz CT molecular complexity index is 295. The van der Waals surface area contributed by atoms with Gasteiger partial charge in [-0.25, -0.2) is 0 Å². The molecule has 0 bridgehead atoms. The molecule has 1 aromatic rings. The van der Waals surface area contributed by atoms with Gasteiger partial charge in [0.1, 0.15) is 0 Å². The van der Waals surface area contributed by atoms with Gasteiger partial charge >= 0.3 is 0 Å². The van der Waals surface area contributed by atoms with Gasteiger partial charge in [0, 0.05) is 18.8 Å². The Kier molecular flexibility index (Phi) is 30.6. The molecule has 0 saturated heterocycles. The van der Waals surface area contributed by atoms with E-state index in [1.54, 1.807) is 6.08 Å². The Labute approximate surface area is 154 Å². The highest BCUT2D eigenvalue weighted by atomic mass is 15.1. The normalized spacial score (nSPS) is 8.46. The van der Waals surface area contributed by atoms with E-state index < -0.39 is 0 Å². The molecule has 0 aliphatic heterocycles. The van der Waals surface area contributed by atoms with E-state index in [1.807, 2.05) is 6.92 Å². The van der Waals surface area contributed by atoms with Crippen molar-refractivity contribution in [3.8, 4) is 0 Å². The average Bonchev–Trinajstić information content (AvgIpc) is 2.58. The lowest BCUT2D eigenvalue weighted by molar-refractivity contribution is 0.678. The third-order valence-electron chi connectivity index (χ3n) is 2.68. The fourth-order valence-electron chi connectivity index (χ4n) is 1.71. The molecule has 0 aliphatic rings. The van der Waals surface area contributed by atoms with Crippen LogP contribution in [0.25, 0.3) is 0 Å². The first-order chi connectivity index (χ1) is 11.6. The summed E-state index contributed by atoms with van der Waals surface area (Å²) in [6.07, 6.45) is 9.38. The fraction of sp³-hybridized carbons (Fsp3) is 0.652. The van der Waals surface area contributed by atoms with Crippen LogP contribution in [-0.2, 0) is 0 Å². The van der Waals surface area contributed by atoms with Gasteiger partial charge in [0.15, 0.2) is 0 Å². The maximum atomic E-state index is 3.36. The van der Waals surface area contributed by atoms with E-state index in [9.17, 15) is 0 Å². The minimum atomic E-state index is 1.19. The van der Waals surface area contributed by atoms with E-state index in [2.05, 4.69) is 83.4 Å². The Morgan fingerprint density at radius 2 is 1.12 bits per heavy atom. The van der Waals surface area contributed by atoms with Gasteiger partial charge in [-0.3, -0.25) is 0 Å². The van der Waals surface area contributed by atoms with Crippen molar-refractivity contribution >= 4 is 5.69 Å². The standard InChI is InChI=1S/C14H23N.2C3H8.C3H6/c1-3-5-12-15(13-6-4-2)14-10-8-7-9-11-14;3*1-3-2/h7-11H,3-6,12-13H2,1-2H3;2*3H2,1-2H3;3H,1H2,2H3. The molecule has 0 aliphatic carbocycles. The van der Waals surface area contributed by atoms with Crippen LogP contribution in [0, 0.1) is 0 Å². The Balaban J connectivity index is -0.000000410. The molecule has 0 unspecified atom stereocenters. The Morgan fingerprint density at radius 1 is 0.792 bits per heavy atom. The van der Waals surface area contributed by atoms with Crippen molar-refractivity contribution in [2.45, 2.75) is 87.0 Å². The van der Waals surface area contributed by atoms with Crippen LogP contribution >= 0.6 is 0 Å². The summed E-state index contributed by atoms with van der Waals surface area (Å²) in [7, 11) is 0. The molecule has 0 spiro atoms. The van der Waals surface area contributed by atoms with Crippen LogP contribution in [0.1, 0.15) is 87.0 Å². The van der Waals surface area contributed by atoms with Crippen LogP contribution in [0.2, 0.25) is 0 Å². The highest BCUT2D eigenvalue weighted by Crippen LogP contribution is 2.14. The molecule has 24 heavy (non-hydrogen) atoms. The molecule has 0 saturated carbocycles. The second-order valence-corrected chi connectivity index (χ2v) is 5.85. The van der Waals surface area contributed by atoms with Gasteiger partial charge in [0.25, 0.3) is 0 Å². The van der Waals surface area contributed by atoms with Crippen molar-refractivity contribution in [1.82, 2.24) is 0 Å². The number of nitrogens with zero attached hydrogens (tertiary/aromatic N) is 1. The van der Waals surface area contributed by atoms with Crippen molar-refractivity contribution in [1.29, 1.82) is 0 Å². The van der Waals surface area contributed by atoms with Crippen molar-refractivity contribution in [2.75, 3.05) is 18.0 Å². The summed E-state index contributed by atoms with van der Waals surface area (Å²) in [5.41, 5.74) is 1.37.